The van der Waals surface area contributed by atoms with Gasteiger partial charge in [-0.3, -0.25) is 0 Å². The van der Waals surface area contributed by atoms with Gasteiger partial charge in [0.25, 0.3) is 5.22 Å². The molecule has 0 atom stereocenters. The van der Waals surface area contributed by atoms with Gasteiger partial charge in [0.2, 0.25) is 11.7 Å². The smallest absolute Gasteiger partial charge is 0.451 e. The third kappa shape index (κ3) is 3.41. The monoisotopic (exact) mass is 450 g/mol. The Kier molecular flexibility index (Phi) is 4.66. The number of halogens is 3. The quantitative estimate of drug-likeness (QED) is 0.385. The normalized spacial score (nSPS) is 13.7. The van der Waals surface area contributed by atoms with E-state index in [1.165, 1.54) is 11.3 Å². The Bertz CT molecular complexity index is 1250. The zero-order valence-electron chi connectivity index (χ0n) is 15.5. The molecule has 1 aliphatic carbocycles. The first-order chi connectivity index (χ1) is 14.4. The molecule has 0 radical (unpaired) electrons. The fourth-order valence-electron chi connectivity index (χ4n) is 3.37. The summed E-state index contributed by atoms with van der Waals surface area (Å²) in [6.07, 6.45) is -2.01. The van der Waals surface area contributed by atoms with Crippen LogP contribution in [0.25, 0.3) is 21.7 Å². The van der Waals surface area contributed by atoms with Crippen LogP contribution in [-0.2, 0) is 19.0 Å². The lowest BCUT2D eigenvalue weighted by molar-refractivity contribution is -0.145. The van der Waals surface area contributed by atoms with Crippen LogP contribution in [0, 0.1) is 0 Å². The molecule has 3 aromatic heterocycles. The molecule has 30 heavy (non-hydrogen) atoms. The van der Waals surface area contributed by atoms with Gasteiger partial charge in [0.1, 0.15) is 15.6 Å². The minimum atomic E-state index is -4.64. The lowest BCUT2D eigenvalue weighted by atomic mass is 10.2. The molecular weight excluding hydrogens is 437 g/mol. The summed E-state index contributed by atoms with van der Waals surface area (Å²) in [5, 5.41) is 8.96. The maximum atomic E-state index is 13.3. The number of thiophene rings is 1. The second-order valence-electron chi connectivity index (χ2n) is 6.59. The van der Waals surface area contributed by atoms with Crippen LogP contribution in [0.5, 0.6) is 5.75 Å². The molecule has 0 unspecified atom stereocenters. The third-order valence-corrected chi connectivity index (χ3v) is 6.71. The van der Waals surface area contributed by atoms with E-state index in [4.69, 9.17) is 9.15 Å². The summed E-state index contributed by atoms with van der Waals surface area (Å²) in [4.78, 5) is 9.00. The van der Waals surface area contributed by atoms with Crippen LogP contribution in [0.4, 0.5) is 13.2 Å². The lowest BCUT2D eigenvalue weighted by Gasteiger charge is -2.08. The first-order valence-corrected chi connectivity index (χ1v) is 10.6. The van der Waals surface area contributed by atoms with E-state index in [0.29, 0.717) is 21.5 Å². The number of benzene rings is 1. The first-order valence-electron chi connectivity index (χ1n) is 8.97. The number of methoxy groups -OCH3 is 1. The van der Waals surface area contributed by atoms with Gasteiger partial charge in [0.05, 0.1) is 7.11 Å². The Morgan fingerprint density at radius 2 is 2.03 bits per heavy atom. The molecule has 0 bridgehead atoms. The fraction of sp³-hybridized carbons (Fsp3) is 0.263. The molecule has 5 rings (SSSR count). The summed E-state index contributed by atoms with van der Waals surface area (Å²) in [5.74, 6) is -0.292. The Hall–Kier alpha value is -2.66. The van der Waals surface area contributed by atoms with Crippen molar-refractivity contribution in [2.24, 2.45) is 0 Å². The van der Waals surface area contributed by atoms with Crippen LogP contribution in [0.3, 0.4) is 0 Å². The van der Waals surface area contributed by atoms with E-state index in [1.807, 2.05) is 0 Å². The molecule has 0 amide bonds. The highest BCUT2D eigenvalue weighted by Gasteiger charge is 2.37. The highest BCUT2D eigenvalue weighted by molar-refractivity contribution is 7.99. The second kappa shape index (κ2) is 7.24. The van der Waals surface area contributed by atoms with Crippen LogP contribution in [0.2, 0.25) is 0 Å². The molecule has 1 aromatic carbocycles. The average Bonchev–Trinajstić information content (AvgIpc) is 3.43. The van der Waals surface area contributed by atoms with Crippen molar-refractivity contribution in [1.82, 2.24) is 20.2 Å². The SMILES string of the molecule is COc1cccc(-c2nnc(Sc3nc(C(F)(F)F)nc4sc5c(c34)CCC5)o2)c1. The van der Waals surface area contributed by atoms with Gasteiger partial charge in [-0.1, -0.05) is 6.07 Å². The van der Waals surface area contributed by atoms with Crippen LogP contribution in [0.1, 0.15) is 22.7 Å². The maximum Gasteiger partial charge on any atom is 0.451 e. The second-order valence-corrected chi connectivity index (χ2v) is 8.62. The van der Waals surface area contributed by atoms with Crippen LogP contribution < -0.4 is 4.74 Å². The number of hydrogen-bond acceptors (Lipinski definition) is 8. The molecule has 0 fully saturated rings. The van der Waals surface area contributed by atoms with E-state index in [1.54, 1.807) is 31.4 Å². The molecular formula is C19H13F3N4O2S2. The topological polar surface area (TPSA) is 73.9 Å². The Morgan fingerprint density at radius 3 is 2.83 bits per heavy atom. The molecule has 0 N–H and O–H groups in total. The van der Waals surface area contributed by atoms with Gasteiger partial charge in [-0.25, -0.2) is 9.97 Å². The van der Waals surface area contributed by atoms with Crippen molar-refractivity contribution in [3.8, 4) is 17.2 Å². The number of ether oxygens (including phenoxy) is 1. The maximum absolute atomic E-state index is 13.3. The van der Waals surface area contributed by atoms with Crippen molar-refractivity contribution in [1.29, 1.82) is 0 Å². The van der Waals surface area contributed by atoms with E-state index >= 15 is 0 Å². The van der Waals surface area contributed by atoms with Crippen LogP contribution in [0.15, 0.2) is 38.9 Å². The van der Waals surface area contributed by atoms with Gasteiger partial charge >= 0.3 is 6.18 Å². The van der Waals surface area contributed by atoms with Crippen molar-refractivity contribution >= 4 is 33.3 Å². The zero-order chi connectivity index (χ0) is 20.9. The van der Waals surface area contributed by atoms with Crippen molar-refractivity contribution in [2.45, 2.75) is 35.7 Å². The van der Waals surface area contributed by atoms with E-state index in [2.05, 4.69) is 20.2 Å². The van der Waals surface area contributed by atoms with E-state index in [-0.39, 0.29) is 16.1 Å². The highest BCUT2D eigenvalue weighted by atomic mass is 32.2. The van der Waals surface area contributed by atoms with Crippen LogP contribution in [-0.4, -0.2) is 27.3 Å². The summed E-state index contributed by atoms with van der Waals surface area (Å²) in [6, 6.07) is 7.08. The number of fused-ring (bicyclic) bond motifs is 3. The van der Waals surface area contributed by atoms with Gasteiger partial charge in [0, 0.05) is 15.8 Å². The first kappa shape index (κ1) is 19.3. The largest absolute Gasteiger partial charge is 0.497 e. The summed E-state index contributed by atoms with van der Waals surface area (Å²) < 4.78 is 50.9. The summed E-state index contributed by atoms with van der Waals surface area (Å²) in [7, 11) is 1.55. The standard InChI is InChI=1S/C19H13F3N4O2S2/c1-27-10-5-2-4-9(8-10)14-25-26-18(28-14)30-16-13-11-6-3-7-12(11)29-15(13)23-17(24-16)19(20,21)22/h2,4-5,8H,3,6-7H2,1H3. The molecule has 0 saturated heterocycles. The molecule has 3 heterocycles. The number of alkyl halides is 3. The molecule has 0 aliphatic heterocycles. The number of hydrogen-bond donors (Lipinski definition) is 0. The molecule has 0 saturated carbocycles. The Balaban J connectivity index is 1.56. The van der Waals surface area contributed by atoms with Gasteiger partial charge in [0.15, 0.2) is 0 Å². The number of rotatable bonds is 4. The molecule has 6 nitrogen and oxygen atoms in total. The molecule has 0 spiro atoms. The predicted octanol–water partition coefficient (Wildman–Crippen LogP) is 5.41. The van der Waals surface area contributed by atoms with Crippen molar-refractivity contribution in [3.63, 3.8) is 0 Å². The number of aryl methyl sites for hydroxylation is 2. The Morgan fingerprint density at radius 1 is 1.17 bits per heavy atom. The predicted molar refractivity (Wildman–Crippen MR) is 105 cm³/mol. The molecule has 4 aromatic rings. The van der Waals surface area contributed by atoms with Gasteiger partial charge < -0.3 is 9.15 Å². The summed E-state index contributed by atoms with van der Waals surface area (Å²) >= 11 is 2.23. The van der Waals surface area contributed by atoms with E-state index in [9.17, 15) is 13.2 Å². The lowest BCUT2D eigenvalue weighted by Crippen LogP contribution is -2.11. The minimum Gasteiger partial charge on any atom is -0.497 e. The summed E-state index contributed by atoms with van der Waals surface area (Å²) in [5.41, 5.74) is 1.67. The number of aromatic nitrogens is 4. The van der Waals surface area contributed by atoms with Gasteiger partial charge in [-0.15, -0.1) is 21.5 Å². The van der Waals surface area contributed by atoms with Crippen molar-refractivity contribution in [2.75, 3.05) is 7.11 Å². The summed E-state index contributed by atoms with van der Waals surface area (Å²) in [6.45, 7) is 0. The highest BCUT2D eigenvalue weighted by Crippen LogP contribution is 2.43. The van der Waals surface area contributed by atoms with Gasteiger partial charge in [-0.05, 0) is 54.8 Å². The molecule has 1 aliphatic rings. The number of nitrogens with zero attached hydrogens (tertiary/aromatic N) is 4. The van der Waals surface area contributed by atoms with E-state index in [0.717, 1.165) is 41.5 Å². The minimum absolute atomic E-state index is 0.110. The van der Waals surface area contributed by atoms with Gasteiger partial charge in [-0.2, -0.15) is 13.2 Å². The molecule has 11 heteroatoms. The Labute approximate surface area is 176 Å². The zero-order valence-corrected chi connectivity index (χ0v) is 17.1. The van der Waals surface area contributed by atoms with Crippen LogP contribution >= 0.6 is 23.1 Å². The molecule has 154 valence electrons. The fourth-order valence-corrected chi connectivity index (χ4v) is 5.52. The third-order valence-electron chi connectivity index (χ3n) is 4.69. The van der Waals surface area contributed by atoms with Crippen molar-refractivity contribution in [3.05, 3.63) is 40.5 Å². The van der Waals surface area contributed by atoms with Crippen molar-refractivity contribution < 1.29 is 22.3 Å². The van der Waals surface area contributed by atoms with E-state index < -0.39 is 12.0 Å². The average molecular weight is 450 g/mol.